The molecule has 0 aliphatic heterocycles. The molecule has 0 aliphatic rings. The third-order valence-corrected chi connectivity index (χ3v) is 5.70. The number of methoxy groups -OCH3 is 1. The molecule has 0 unspecified atom stereocenters. The van der Waals surface area contributed by atoms with Crippen molar-refractivity contribution in [1.29, 1.82) is 0 Å². The third-order valence-electron chi connectivity index (χ3n) is 3.47. The summed E-state index contributed by atoms with van der Waals surface area (Å²) >= 11 is 3.15. The van der Waals surface area contributed by atoms with Crippen molar-refractivity contribution in [1.82, 2.24) is 4.72 Å². The zero-order chi connectivity index (χ0) is 20.7. The maximum Gasteiger partial charge on any atom is 0.262 e. The zero-order valence-electron chi connectivity index (χ0n) is 15.2. The Kier molecular flexibility index (Phi) is 7.93. The molecule has 0 saturated carbocycles. The number of hydrogen-bond donors (Lipinski definition) is 2. The monoisotopic (exact) mass is 474 g/mol. The average Bonchev–Trinajstić information content (AvgIpc) is 2.61. The zero-order valence-corrected chi connectivity index (χ0v) is 17.6. The molecule has 2 aromatic carbocycles. The summed E-state index contributed by atoms with van der Waals surface area (Å²) in [6, 6.07) is 9.19. The van der Waals surface area contributed by atoms with E-state index in [-0.39, 0.29) is 24.2 Å². The van der Waals surface area contributed by atoms with Crippen LogP contribution >= 0.6 is 15.9 Å². The molecule has 10 heteroatoms. The summed E-state index contributed by atoms with van der Waals surface area (Å²) in [4.78, 5) is 12.1. The van der Waals surface area contributed by atoms with Crippen LogP contribution in [0.2, 0.25) is 0 Å². The van der Waals surface area contributed by atoms with Gasteiger partial charge in [0.15, 0.2) is 6.61 Å². The van der Waals surface area contributed by atoms with Crippen molar-refractivity contribution < 1.29 is 27.1 Å². The van der Waals surface area contributed by atoms with Crippen LogP contribution in [0.15, 0.2) is 51.8 Å². The number of rotatable bonds is 9. The number of anilines is 1. The highest BCUT2D eigenvalue weighted by Crippen LogP contribution is 2.25. The Morgan fingerprint density at radius 1 is 1.21 bits per heavy atom. The lowest BCUT2D eigenvalue weighted by Crippen LogP contribution is -2.35. The number of sulfonamides is 1. The van der Waals surface area contributed by atoms with Crippen LogP contribution in [-0.2, 0) is 19.6 Å². The number of benzene rings is 2. The second kappa shape index (κ2) is 9.97. The van der Waals surface area contributed by atoms with Crippen molar-refractivity contribution in [2.45, 2.75) is 17.9 Å². The van der Waals surface area contributed by atoms with Crippen molar-refractivity contribution >= 4 is 37.5 Å². The van der Waals surface area contributed by atoms with Gasteiger partial charge in [-0.25, -0.2) is 17.5 Å². The Hall–Kier alpha value is -2.01. The molecule has 2 aromatic rings. The predicted molar refractivity (Wildman–Crippen MR) is 106 cm³/mol. The molecule has 0 bridgehead atoms. The van der Waals surface area contributed by atoms with Crippen LogP contribution in [0.25, 0.3) is 0 Å². The van der Waals surface area contributed by atoms with Gasteiger partial charge >= 0.3 is 0 Å². The van der Waals surface area contributed by atoms with E-state index in [9.17, 15) is 17.6 Å². The number of carbonyl (C=O) groups excluding carboxylic acids is 1. The Morgan fingerprint density at radius 2 is 1.89 bits per heavy atom. The lowest BCUT2D eigenvalue weighted by molar-refractivity contribution is -0.118. The van der Waals surface area contributed by atoms with E-state index in [4.69, 9.17) is 9.47 Å². The Morgan fingerprint density at radius 3 is 2.50 bits per heavy atom. The summed E-state index contributed by atoms with van der Waals surface area (Å²) in [5.41, 5.74) is 0.413. The van der Waals surface area contributed by atoms with E-state index in [1.54, 1.807) is 6.92 Å². The van der Waals surface area contributed by atoms with Crippen LogP contribution in [0, 0.1) is 5.82 Å². The van der Waals surface area contributed by atoms with Gasteiger partial charge in [0.25, 0.3) is 5.91 Å². The minimum absolute atomic E-state index is 0.0694. The maximum absolute atomic E-state index is 13.0. The lowest BCUT2D eigenvalue weighted by Gasteiger charge is -2.13. The second-order valence-corrected chi connectivity index (χ2v) is 8.48. The summed E-state index contributed by atoms with van der Waals surface area (Å²) in [5, 5.41) is 2.59. The number of carbonyl (C=O) groups is 1. The number of nitrogens with one attached hydrogen (secondary N) is 2. The van der Waals surface area contributed by atoms with Crippen LogP contribution < -0.4 is 14.8 Å². The molecule has 0 aliphatic carbocycles. The highest BCUT2D eigenvalue weighted by Gasteiger charge is 2.17. The van der Waals surface area contributed by atoms with Gasteiger partial charge in [-0.05, 0) is 65.3 Å². The summed E-state index contributed by atoms with van der Waals surface area (Å²) in [6.45, 7) is 1.65. The first-order chi connectivity index (χ1) is 13.2. The summed E-state index contributed by atoms with van der Waals surface area (Å²) in [6.07, 6.45) is 0. The minimum Gasteiger partial charge on any atom is -0.483 e. The Bertz CT molecular complexity index is 922. The third kappa shape index (κ3) is 6.55. The summed E-state index contributed by atoms with van der Waals surface area (Å²) in [5.74, 6) is -0.544. The maximum atomic E-state index is 13.0. The largest absolute Gasteiger partial charge is 0.483 e. The van der Waals surface area contributed by atoms with Crippen LogP contribution in [0.5, 0.6) is 5.75 Å². The molecule has 0 fully saturated rings. The standard InChI is InChI=1S/C18H20BrFN2O5S/c1-12(10-26-2)22-28(24,25)15-6-4-14(5-7-15)21-18(23)11-27-17-8-3-13(20)9-16(17)19/h3-9,12,22H,10-11H2,1-2H3,(H,21,23)/t12-/m0/s1. The van der Waals surface area contributed by atoms with Gasteiger partial charge in [0, 0.05) is 18.8 Å². The molecule has 0 saturated heterocycles. The van der Waals surface area contributed by atoms with E-state index in [0.717, 1.165) is 0 Å². The first-order valence-corrected chi connectivity index (χ1v) is 10.5. The highest BCUT2D eigenvalue weighted by atomic mass is 79.9. The molecule has 7 nitrogen and oxygen atoms in total. The van der Waals surface area contributed by atoms with Gasteiger partial charge < -0.3 is 14.8 Å². The number of halogens is 2. The molecule has 0 aromatic heterocycles. The summed E-state index contributed by atoms with van der Waals surface area (Å²) < 4.78 is 50.7. The minimum atomic E-state index is -3.68. The highest BCUT2D eigenvalue weighted by molar-refractivity contribution is 9.10. The molecule has 28 heavy (non-hydrogen) atoms. The molecule has 1 amide bonds. The van der Waals surface area contributed by atoms with E-state index in [1.807, 2.05) is 0 Å². The van der Waals surface area contributed by atoms with Gasteiger partial charge in [-0.1, -0.05) is 0 Å². The van der Waals surface area contributed by atoms with Crippen molar-refractivity contribution in [2.75, 3.05) is 25.6 Å². The molecule has 0 heterocycles. The van der Waals surface area contributed by atoms with E-state index in [1.165, 1.54) is 49.6 Å². The first-order valence-electron chi connectivity index (χ1n) is 8.20. The number of amides is 1. The fourth-order valence-electron chi connectivity index (χ4n) is 2.27. The molecule has 0 spiro atoms. The first kappa shape index (κ1) is 22.3. The SMILES string of the molecule is COC[C@H](C)NS(=O)(=O)c1ccc(NC(=O)COc2ccc(F)cc2Br)cc1. The van der Waals surface area contributed by atoms with Gasteiger partial charge in [-0.2, -0.15) is 0 Å². The molecular formula is C18H20BrFN2O5S. The Balaban J connectivity index is 1.93. The predicted octanol–water partition coefficient (Wildman–Crippen LogP) is 2.92. The average molecular weight is 475 g/mol. The Labute approximate surface area is 171 Å². The van der Waals surface area contributed by atoms with Crippen molar-refractivity contribution in [2.24, 2.45) is 0 Å². The smallest absolute Gasteiger partial charge is 0.262 e. The molecular weight excluding hydrogens is 455 g/mol. The topological polar surface area (TPSA) is 93.7 Å². The van der Waals surface area contributed by atoms with Gasteiger partial charge in [-0.15, -0.1) is 0 Å². The van der Waals surface area contributed by atoms with Gasteiger partial charge in [0.05, 0.1) is 16.0 Å². The number of ether oxygens (including phenoxy) is 2. The van der Waals surface area contributed by atoms with Crippen molar-refractivity contribution in [3.8, 4) is 5.75 Å². The fourth-order valence-corrected chi connectivity index (χ4v) is 3.96. The molecule has 0 radical (unpaired) electrons. The molecule has 2 rings (SSSR count). The summed E-state index contributed by atoms with van der Waals surface area (Å²) in [7, 11) is -2.20. The van der Waals surface area contributed by atoms with Gasteiger partial charge in [0.2, 0.25) is 10.0 Å². The normalized spacial score (nSPS) is 12.4. The van der Waals surface area contributed by atoms with Crippen molar-refractivity contribution in [3.05, 3.63) is 52.8 Å². The van der Waals surface area contributed by atoms with Crippen molar-refractivity contribution in [3.63, 3.8) is 0 Å². The van der Waals surface area contributed by atoms with E-state index in [2.05, 4.69) is 26.0 Å². The quantitative estimate of drug-likeness (QED) is 0.582. The second-order valence-electron chi connectivity index (χ2n) is 5.91. The van der Waals surface area contributed by atoms with E-state index < -0.39 is 21.7 Å². The van der Waals surface area contributed by atoms with Crippen LogP contribution in [0.1, 0.15) is 6.92 Å². The van der Waals surface area contributed by atoms with Crippen LogP contribution in [-0.4, -0.2) is 40.7 Å². The van der Waals surface area contributed by atoms with Gasteiger partial charge in [-0.3, -0.25) is 4.79 Å². The van der Waals surface area contributed by atoms with E-state index >= 15 is 0 Å². The lowest BCUT2D eigenvalue weighted by atomic mass is 10.3. The molecule has 152 valence electrons. The van der Waals surface area contributed by atoms with Gasteiger partial charge in [0.1, 0.15) is 11.6 Å². The van der Waals surface area contributed by atoms with Crippen LogP contribution in [0.3, 0.4) is 0 Å². The fraction of sp³-hybridized carbons (Fsp3) is 0.278. The van der Waals surface area contributed by atoms with Crippen LogP contribution in [0.4, 0.5) is 10.1 Å². The van der Waals surface area contributed by atoms with E-state index in [0.29, 0.717) is 15.9 Å². The molecule has 1 atom stereocenters. The number of hydrogen-bond acceptors (Lipinski definition) is 5. The molecule has 2 N–H and O–H groups in total.